The molecule has 1 heterocycles. The van der Waals surface area contributed by atoms with Crippen molar-refractivity contribution in [3.05, 3.63) is 53.1 Å². The maximum absolute atomic E-state index is 13.0. The number of alkyl halides is 3. The number of carbonyl (C=O) groups excluding carboxylic acids is 2. The Morgan fingerprint density at radius 3 is 2.71 bits per heavy atom. The maximum atomic E-state index is 13.0. The molecule has 148 valence electrons. The van der Waals surface area contributed by atoms with E-state index in [4.69, 9.17) is 11.6 Å². The van der Waals surface area contributed by atoms with Crippen molar-refractivity contribution in [3.8, 4) is 0 Å². The largest absolute Gasteiger partial charge is 0.417 e. The highest BCUT2D eigenvalue weighted by Gasteiger charge is 2.33. The zero-order valence-electron chi connectivity index (χ0n) is 14.8. The van der Waals surface area contributed by atoms with Gasteiger partial charge in [-0.15, -0.1) is 0 Å². The highest BCUT2D eigenvalue weighted by atomic mass is 35.5. The molecule has 1 aliphatic rings. The van der Waals surface area contributed by atoms with E-state index < -0.39 is 22.8 Å². The summed E-state index contributed by atoms with van der Waals surface area (Å²) in [6, 6.07) is 9.83. The second-order valence-electron chi connectivity index (χ2n) is 6.43. The number of halogens is 4. The normalized spacial score (nSPS) is 16.8. The van der Waals surface area contributed by atoms with E-state index >= 15 is 0 Å². The Hall–Kier alpha value is -2.74. The predicted molar refractivity (Wildman–Crippen MR) is 102 cm³/mol. The van der Waals surface area contributed by atoms with Crippen LogP contribution in [0.25, 0.3) is 0 Å². The van der Waals surface area contributed by atoms with Crippen LogP contribution >= 0.6 is 11.6 Å². The first-order chi connectivity index (χ1) is 13.2. The molecule has 0 spiro atoms. The standard InChI is InChI=1S/C19H17ClF3N3O2/c1-11-8-17(27)25-15-4-2-3-5-16(15)26(11)18(28)10-24-12-6-7-14(20)13(9-12)19(21,22)23/h2-7,9,11,24H,8,10H2,1H3,(H,25,27)/t11-/m0/s1. The number of fused-ring (bicyclic) bond motifs is 1. The van der Waals surface area contributed by atoms with Crippen molar-refractivity contribution < 1.29 is 22.8 Å². The average Bonchev–Trinajstić information content (AvgIpc) is 2.74. The summed E-state index contributed by atoms with van der Waals surface area (Å²) in [5.41, 5.74) is 0.195. The van der Waals surface area contributed by atoms with E-state index in [2.05, 4.69) is 10.6 Å². The Balaban J connectivity index is 1.81. The minimum atomic E-state index is -4.59. The third-order valence-electron chi connectivity index (χ3n) is 4.34. The topological polar surface area (TPSA) is 61.4 Å². The van der Waals surface area contributed by atoms with Gasteiger partial charge in [0.2, 0.25) is 11.8 Å². The first-order valence-corrected chi connectivity index (χ1v) is 8.86. The van der Waals surface area contributed by atoms with E-state index in [-0.39, 0.29) is 30.5 Å². The minimum Gasteiger partial charge on any atom is -0.376 e. The summed E-state index contributed by atoms with van der Waals surface area (Å²) in [7, 11) is 0. The van der Waals surface area contributed by atoms with Crippen LogP contribution in [-0.2, 0) is 15.8 Å². The van der Waals surface area contributed by atoms with Crippen LogP contribution < -0.4 is 15.5 Å². The molecule has 5 nitrogen and oxygen atoms in total. The summed E-state index contributed by atoms with van der Waals surface area (Å²) in [5.74, 6) is -0.587. The van der Waals surface area contributed by atoms with Crippen molar-refractivity contribution in [2.24, 2.45) is 0 Å². The van der Waals surface area contributed by atoms with Crippen molar-refractivity contribution in [3.63, 3.8) is 0 Å². The lowest BCUT2D eigenvalue weighted by Crippen LogP contribution is -2.42. The number of rotatable bonds is 3. The summed E-state index contributed by atoms with van der Waals surface area (Å²) in [4.78, 5) is 26.3. The monoisotopic (exact) mass is 411 g/mol. The van der Waals surface area contributed by atoms with Crippen LogP contribution in [0.2, 0.25) is 5.02 Å². The van der Waals surface area contributed by atoms with Gasteiger partial charge in [-0.3, -0.25) is 9.59 Å². The third-order valence-corrected chi connectivity index (χ3v) is 4.67. The molecular weight excluding hydrogens is 395 g/mol. The number of nitrogens with one attached hydrogen (secondary N) is 2. The predicted octanol–water partition coefficient (Wildman–Crippen LogP) is 4.53. The van der Waals surface area contributed by atoms with E-state index in [1.54, 1.807) is 31.2 Å². The fraction of sp³-hybridized carbons (Fsp3) is 0.263. The first-order valence-electron chi connectivity index (χ1n) is 8.48. The highest BCUT2D eigenvalue weighted by Crippen LogP contribution is 2.36. The van der Waals surface area contributed by atoms with Crippen LogP contribution in [0.15, 0.2) is 42.5 Å². The Bertz CT molecular complexity index is 918. The van der Waals surface area contributed by atoms with Crippen molar-refractivity contribution in [2.75, 3.05) is 22.1 Å². The van der Waals surface area contributed by atoms with Crippen molar-refractivity contribution in [1.82, 2.24) is 0 Å². The van der Waals surface area contributed by atoms with Gasteiger partial charge in [0.1, 0.15) is 0 Å². The molecule has 0 radical (unpaired) electrons. The molecular formula is C19H17ClF3N3O2. The molecule has 3 rings (SSSR count). The molecule has 28 heavy (non-hydrogen) atoms. The van der Waals surface area contributed by atoms with E-state index in [0.29, 0.717) is 11.4 Å². The molecule has 1 atom stereocenters. The van der Waals surface area contributed by atoms with Gasteiger partial charge in [0, 0.05) is 18.2 Å². The summed E-state index contributed by atoms with van der Waals surface area (Å²) in [6.45, 7) is 1.50. The number of hydrogen-bond acceptors (Lipinski definition) is 3. The highest BCUT2D eigenvalue weighted by molar-refractivity contribution is 6.31. The molecule has 0 saturated heterocycles. The van der Waals surface area contributed by atoms with Crippen LogP contribution in [0.1, 0.15) is 18.9 Å². The van der Waals surface area contributed by atoms with Gasteiger partial charge in [-0.1, -0.05) is 23.7 Å². The molecule has 0 saturated carbocycles. The molecule has 0 aromatic heterocycles. The van der Waals surface area contributed by atoms with Gasteiger partial charge in [0.15, 0.2) is 0 Å². The van der Waals surface area contributed by atoms with Crippen LogP contribution in [0.3, 0.4) is 0 Å². The van der Waals surface area contributed by atoms with Crippen LogP contribution in [-0.4, -0.2) is 24.4 Å². The average molecular weight is 412 g/mol. The number of carbonyl (C=O) groups is 2. The fourth-order valence-corrected chi connectivity index (χ4v) is 3.31. The number of amides is 2. The Morgan fingerprint density at radius 1 is 1.29 bits per heavy atom. The van der Waals surface area contributed by atoms with Crippen molar-refractivity contribution >= 4 is 40.5 Å². The summed E-state index contributed by atoms with van der Waals surface area (Å²) in [5, 5.41) is 5.05. The zero-order chi connectivity index (χ0) is 20.5. The van der Waals surface area contributed by atoms with Crippen LogP contribution in [0.4, 0.5) is 30.2 Å². The summed E-state index contributed by atoms with van der Waals surface area (Å²) >= 11 is 5.61. The van der Waals surface area contributed by atoms with Gasteiger partial charge < -0.3 is 15.5 Å². The molecule has 2 N–H and O–H groups in total. The van der Waals surface area contributed by atoms with E-state index in [1.807, 2.05) is 0 Å². The zero-order valence-corrected chi connectivity index (χ0v) is 15.6. The maximum Gasteiger partial charge on any atom is 0.417 e. The molecule has 1 aliphatic heterocycles. The van der Waals surface area contributed by atoms with E-state index in [9.17, 15) is 22.8 Å². The Kier molecular flexibility index (Phi) is 5.51. The second kappa shape index (κ2) is 7.71. The van der Waals surface area contributed by atoms with Crippen molar-refractivity contribution in [1.29, 1.82) is 0 Å². The number of hydrogen-bond donors (Lipinski definition) is 2. The number of nitrogens with zero attached hydrogens (tertiary/aromatic N) is 1. The molecule has 0 bridgehead atoms. The molecule has 0 aliphatic carbocycles. The van der Waals surface area contributed by atoms with Crippen molar-refractivity contribution in [2.45, 2.75) is 25.6 Å². The molecule has 9 heteroatoms. The van der Waals surface area contributed by atoms with Crippen LogP contribution in [0, 0.1) is 0 Å². The smallest absolute Gasteiger partial charge is 0.376 e. The number of para-hydroxylation sites is 2. The lowest BCUT2D eigenvalue weighted by molar-refractivity contribution is -0.137. The summed E-state index contributed by atoms with van der Waals surface area (Å²) in [6.07, 6.45) is -4.48. The Morgan fingerprint density at radius 2 is 2.00 bits per heavy atom. The summed E-state index contributed by atoms with van der Waals surface area (Å²) < 4.78 is 39.0. The third kappa shape index (κ3) is 4.22. The van der Waals surface area contributed by atoms with Gasteiger partial charge >= 0.3 is 6.18 Å². The lowest BCUT2D eigenvalue weighted by Gasteiger charge is -2.28. The number of benzene rings is 2. The minimum absolute atomic E-state index is 0.111. The van der Waals surface area contributed by atoms with Gasteiger partial charge in [0.25, 0.3) is 0 Å². The van der Waals surface area contributed by atoms with Gasteiger partial charge in [0.05, 0.1) is 28.5 Å². The quantitative estimate of drug-likeness (QED) is 0.779. The molecule has 2 amide bonds. The van der Waals surface area contributed by atoms with E-state index in [0.717, 1.165) is 12.1 Å². The molecule has 0 fully saturated rings. The van der Waals surface area contributed by atoms with Gasteiger partial charge in [-0.25, -0.2) is 0 Å². The molecule has 0 unspecified atom stereocenters. The SMILES string of the molecule is C[C@H]1CC(=O)Nc2ccccc2N1C(=O)CNc1ccc(Cl)c(C(F)(F)F)c1. The lowest BCUT2D eigenvalue weighted by atomic mass is 10.1. The van der Waals surface area contributed by atoms with Crippen LogP contribution in [0.5, 0.6) is 0 Å². The molecule has 2 aromatic carbocycles. The van der Waals surface area contributed by atoms with E-state index in [1.165, 1.54) is 11.0 Å². The Labute approximate surface area is 164 Å². The fourth-order valence-electron chi connectivity index (χ4n) is 3.08. The first kappa shape index (κ1) is 20.0. The van der Waals surface area contributed by atoms with Gasteiger partial charge in [-0.05, 0) is 37.3 Å². The molecule has 2 aromatic rings. The second-order valence-corrected chi connectivity index (χ2v) is 6.84. The number of anilines is 3. The van der Waals surface area contributed by atoms with Gasteiger partial charge in [-0.2, -0.15) is 13.2 Å².